The van der Waals surface area contributed by atoms with Gasteiger partial charge in [0.05, 0.1) is 11.0 Å². The number of ether oxygens (including phenoxy) is 1. The van der Waals surface area contributed by atoms with Crippen molar-refractivity contribution < 1.29 is 22.7 Å². The minimum absolute atomic E-state index is 0.0245. The van der Waals surface area contributed by atoms with Crippen LogP contribution in [0.25, 0.3) is 22.2 Å². The molecule has 3 aromatic carbocycles. The lowest BCUT2D eigenvalue weighted by Crippen LogP contribution is -2.38. The van der Waals surface area contributed by atoms with Crippen LogP contribution >= 0.6 is 0 Å². The molecule has 1 fully saturated rings. The molecule has 34 heavy (non-hydrogen) atoms. The number of fused-ring (bicyclic) bond motifs is 1. The predicted octanol–water partition coefficient (Wildman–Crippen LogP) is 6.15. The van der Waals surface area contributed by atoms with Crippen molar-refractivity contribution in [2.45, 2.75) is 25.1 Å². The maximum atomic E-state index is 13.0. The Hall–Kier alpha value is -3.81. The van der Waals surface area contributed by atoms with Gasteiger partial charge in [-0.05, 0) is 60.4 Å². The molecule has 0 unspecified atom stereocenters. The van der Waals surface area contributed by atoms with Gasteiger partial charge in [-0.25, -0.2) is 4.98 Å². The molecular weight excluding hydrogens is 443 g/mol. The Morgan fingerprint density at radius 2 is 1.53 bits per heavy atom. The molecule has 0 aliphatic carbocycles. The number of piperidine rings is 1. The summed E-state index contributed by atoms with van der Waals surface area (Å²) in [6, 6.07) is 20.7. The van der Waals surface area contributed by atoms with Crippen LogP contribution in [0.2, 0.25) is 0 Å². The molecule has 1 amide bonds. The minimum atomic E-state index is -4.72. The van der Waals surface area contributed by atoms with Crippen LogP contribution in [0.1, 0.15) is 34.9 Å². The normalized spacial score (nSPS) is 15.0. The average Bonchev–Trinajstić information content (AvgIpc) is 3.28. The Bertz CT molecular complexity index is 1260. The van der Waals surface area contributed by atoms with Gasteiger partial charge in [0.25, 0.3) is 5.91 Å². The van der Waals surface area contributed by atoms with E-state index in [0.29, 0.717) is 24.6 Å². The Kier molecular flexibility index (Phi) is 5.73. The van der Waals surface area contributed by atoms with Crippen molar-refractivity contribution in [2.24, 2.45) is 0 Å². The number of hydrogen-bond donors (Lipinski definition) is 1. The fourth-order valence-corrected chi connectivity index (χ4v) is 4.36. The van der Waals surface area contributed by atoms with E-state index in [2.05, 4.69) is 9.72 Å². The molecule has 2 heterocycles. The van der Waals surface area contributed by atoms with Crippen LogP contribution in [-0.4, -0.2) is 40.2 Å². The van der Waals surface area contributed by atoms with Crippen molar-refractivity contribution in [3.63, 3.8) is 0 Å². The summed E-state index contributed by atoms with van der Waals surface area (Å²) >= 11 is 0. The van der Waals surface area contributed by atoms with Crippen LogP contribution in [0, 0.1) is 0 Å². The third kappa shape index (κ3) is 4.76. The molecule has 5 nitrogen and oxygen atoms in total. The largest absolute Gasteiger partial charge is 0.573 e. The van der Waals surface area contributed by atoms with Gasteiger partial charge >= 0.3 is 6.36 Å². The van der Waals surface area contributed by atoms with Crippen molar-refractivity contribution in [1.29, 1.82) is 0 Å². The number of imidazole rings is 1. The number of rotatable bonds is 4. The van der Waals surface area contributed by atoms with Crippen molar-refractivity contribution in [3.8, 4) is 16.9 Å². The van der Waals surface area contributed by atoms with E-state index in [-0.39, 0.29) is 11.7 Å². The summed E-state index contributed by atoms with van der Waals surface area (Å²) in [5.41, 5.74) is 4.11. The number of carbonyl (C=O) groups is 1. The summed E-state index contributed by atoms with van der Waals surface area (Å²) in [6.07, 6.45) is -3.03. The van der Waals surface area contributed by atoms with Gasteiger partial charge in [0.2, 0.25) is 0 Å². The van der Waals surface area contributed by atoms with E-state index in [1.807, 2.05) is 29.2 Å². The van der Waals surface area contributed by atoms with E-state index >= 15 is 0 Å². The molecule has 0 radical (unpaired) electrons. The minimum Gasteiger partial charge on any atom is -0.406 e. The zero-order valence-corrected chi connectivity index (χ0v) is 18.2. The number of nitrogens with one attached hydrogen (secondary N) is 1. The first-order chi connectivity index (χ1) is 16.4. The molecule has 8 heteroatoms. The van der Waals surface area contributed by atoms with E-state index in [1.165, 1.54) is 12.1 Å². The molecule has 1 aliphatic rings. The van der Waals surface area contributed by atoms with E-state index in [9.17, 15) is 18.0 Å². The molecule has 1 N–H and O–H groups in total. The number of alkyl halides is 3. The first-order valence-electron chi connectivity index (χ1n) is 11.1. The van der Waals surface area contributed by atoms with Crippen LogP contribution in [-0.2, 0) is 0 Å². The standard InChI is InChI=1S/C26H22F3N3O2/c27-26(28,29)34-21-11-9-18(10-12-21)17-5-7-20(8-6-17)25(33)32-15-13-19(14-16-32)24-30-22-3-1-2-4-23(22)31-24/h1-12,19H,13-16H2,(H,30,31). The summed E-state index contributed by atoms with van der Waals surface area (Å²) in [5.74, 6) is 0.977. The number of aromatic nitrogens is 2. The number of hydrogen-bond acceptors (Lipinski definition) is 3. The third-order valence-corrected chi connectivity index (χ3v) is 6.13. The van der Waals surface area contributed by atoms with Gasteiger partial charge in [-0.15, -0.1) is 13.2 Å². The van der Waals surface area contributed by atoms with Crippen molar-refractivity contribution in [2.75, 3.05) is 13.1 Å². The molecule has 1 saturated heterocycles. The van der Waals surface area contributed by atoms with E-state index < -0.39 is 6.36 Å². The maximum Gasteiger partial charge on any atom is 0.573 e. The Morgan fingerprint density at radius 1 is 0.912 bits per heavy atom. The number of halogens is 3. The van der Waals surface area contributed by atoms with Crippen molar-refractivity contribution >= 4 is 16.9 Å². The fourth-order valence-electron chi connectivity index (χ4n) is 4.36. The lowest BCUT2D eigenvalue weighted by molar-refractivity contribution is -0.274. The fraction of sp³-hybridized carbons (Fsp3) is 0.231. The molecule has 0 spiro atoms. The number of likely N-dealkylation sites (tertiary alicyclic amines) is 1. The molecule has 0 bridgehead atoms. The number of H-pyrrole nitrogens is 1. The zero-order chi connectivity index (χ0) is 23.7. The summed E-state index contributed by atoms with van der Waals surface area (Å²) in [7, 11) is 0. The monoisotopic (exact) mass is 465 g/mol. The summed E-state index contributed by atoms with van der Waals surface area (Å²) in [6.45, 7) is 1.31. The highest BCUT2D eigenvalue weighted by Gasteiger charge is 2.31. The second kappa shape index (κ2) is 8.85. The molecule has 4 aromatic rings. The molecule has 0 atom stereocenters. The number of para-hydroxylation sites is 2. The lowest BCUT2D eigenvalue weighted by Gasteiger charge is -2.31. The van der Waals surface area contributed by atoms with Crippen LogP contribution in [0.5, 0.6) is 5.75 Å². The summed E-state index contributed by atoms with van der Waals surface area (Å²) in [5, 5.41) is 0. The summed E-state index contributed by atoms with van der Waals surface area (Å²) in [4.78, 5) is 22.9. The molecule has 1 aromatic heterocycles. The highest BCUT2D eigenvalue weighted by molar-refractivity contribution is 5.94. The van der Waals surface area contributed by atoms with Gasteiger partial charge in [-0.1, -0.05) is 36.4 Å². The van der Waals surface area contributed by atoms with Crippen LogP contribution in [0.4, 0.5) is 13.2 Å². The van der Waals surface area contributed by atoms with Gasteiger partial charge < -0.3 is 14.6 Å². The number of carbonyl (C=O) groups excluding carboxylic acids is 1. The highest BCUT2D eigenvalue weighted by Crippen LogP contribution is 2.30. The average molecular weight is 465 g/mol. The molecule has 1 aliphatic heterocycles. The van der Waals surface area contributed by atoms with Gasteiger partial charge in [-0.3, -0.25) is 4.79 Å². The third-order valence-electron chi connectivity index (χ3n) is 6.13. The number of aromatic amines is 1. The van der Waals surface area contributed by atoms with Crippen LogP contribution < -0.4 is 4.74 Å². The number of nitrogens with zero attached hydrogens (tertiary/aromatic N) is 2. The quantitative estimate of drug-likeness (QED) is 0.393. The van der Waals surface area contributed by atoms with E-state index in [0.717, 1.165) is 40.8 Å². The number of benzene rings is 3. The van der Waals surface area contributed by atoms with Gasteiger partial charge in [-0.2, -0.15) is 0 Å². The Labute approximate surface area is 194 Å². The smallest absolute Gasteiger partial charge is 0.406 e. The lowest BCUT2D eigenvalue weighted by atomic mass is 9.95. The number of amides is 1. The Balaban J connectivity index is 1.21. The Morgan fingerprint density at radius 3 is 2.15 bits per heavy atom. The van der Waals surface area contributed by atoms with Gasteiger partial charge in [0.1, 0.15) is 11.6 Å². The van der Waals surface area contributed by atoms with Crippen molar-refractivity contribution in [3.05, 3.63) is 84.2 Å². The van der Waals surface area contributed by atoms with Crippen LogP contribution in [0.15, 0.2) is 72.8 Å². The maximum absolute atomic E-state index is 13.0. The van der Waals surface area contributed by atoms with Gasteiger partial charge in [0.15, 0.2) is 0 Å². The van der Waals surface area contributed by atoms with E-state index in [1.54, 1.807) is 36.4 Å². The first kappa shape index (κ1) is 22.0. The van der Waals surface area contributed by atoms with Crippen LogP contribution in [0.3, 0.4) is 0 Å². The molecule has 174 valence electrons. The second-order valence-electron chi connectivity index (χ2n) is 8.36. The topological polar surface area (TPSA) is 58.2 Å². The second-order valence-corrected chi connectivity index (χ2v) is 8.36. The SMILES string of the molecule is O=C(c1ccc(-c2ccc(OC(F)(F)F)cc2)cc1)N1CCC(c2nc3ccccc3[nH]2)CC1. The van der Waals surface area contributed by atoms with E-state index in [4.69, 9.17) is 4.98 Å². The molecular formula is C26H22F3N3O2. The van der Waals surface area contributed by atoms with Gasteiger partial charge in [0, 0.05) is 24.6 Å². The molecule has 0 saturated carbocycles. The first-order valence-corrected chi connectivity index (χ1v) is 11.1. The molecule has 5 rings (SSSR count). The zero-order valence-electron chi connectivity index (χ0n) is 18.2. The predicted molar refractivity (Wildman–Crippen MR) is 123 cm³/mol. The van der Waals surface area contributed by atoms with Crippen molar-refractivity contribution in [1.82, 2.24) is 14.9 Å². The highest BCUT2D eigenvalue weighted by atomic mass is 19.4. The summed E-state index contributed by atoms with van der Waals surface area (Å²) < 4.78 is 40.9.